The van der Waals surface area contributed by atoms with Crippen LogP contribution in [0.15, 0.2) is 255 Å². The average Bonchev–Trinajstić information content (AvgIpc) is 4.36. The average molecular weight is 953 g/mol. The first kappa shape index (κ1) is 46.0. The van der Waals surface area contributed by atoms with E-state index < -0.39 is 0 Å². The van der Waals surface area contributed by atoms with Crippen LogP contribution in [0.2, 0.25) is 0 Å². The summed E-state index contributed by atoms with van der Waals surface area (Å²) < 4.78 is 0. The molecule has 0 saturated heterocycles. The first-order valence-corrected chi connectivity index (χ1v) is 27.4. The number of rotatable bonds is 2. The molecule has 2 saturated carbocycles. The molecule has 10 aromatic rings. The molecule has 16 rings (SSSR count). The second-order valence-electron chi connectivity index (χ2n) is 22.1. The summed E-state index contributed by atoms with van der Waals surface area (Å²) in [5.74, 6) is 0. The third-order valence-corrected chi connectivity index (χ3v) is 18.1. The molecule has 2 fully saturated rings. The predicted molar refractivity (Wildman–Crippen MR) is 310 cm³/mol. The van der Waals surface area contributed by atoms with Gasteiger partial charge in [-0.3, -0.25) is 0 Å². The van der Waals surface area contributed by atoms with Crippen molar-refractivity contribution in [3.63, 3.8) is 0 Å². The SMILES string of the molecule is CC1(C)c2ccccc2-c2ccccc21.c1ccc(C2(c3ccccc3)c3ccccc3-c3ccccc32)cc1.c1ccc2c(c1)-c1ccccc1C21CCCC1.c1ccc2c(c1)-c1ccccc1C21CCCC1. The summed E-state index contributed by atoms with van der Waals surface area (Å²) in [5.41, 5.74) is 26.6. The van der Waals surface area contributed by atoms with Crippen LogP contribution in [-0.2, 0) is 21.7 Å². The molecule has 74 heavy (non-hydrogen) atoms. The smallest absolute Gasteiger partial charge is 0.0622 e. The van der Waals surface area contributed by atoms with Crippen LogP contribution in [0.1, 0.15) is 121 Å². The summed E-state index contributed by atoms with van der Waals surface area (Å²) >= 11 is 0. The molecular weight excluding hydrogens is 889 g/mol. The Labute approximate surface area is 439 Å². The Morgan fingerprint density at radius 1 is 0.216 bits per heavy atom. The van der Waals surface area contributed by atoms with Crippen molar-refractivity contribution in [3.05, 3.63) is 310 Å². The van der Waals surface area contributed by atoms with Gasteiger partial charge in [0.25, 0.3) is 0 Å². The first-order valence-electron chi connectivity index (χ1n) is 27.4. The maximum absolute atomic E-state index is 2.35. The monoisotopic (exact) mass is 953 g/mol. The van der Waals surface area contributed by atoms with Gasteiger partial charge >= 0.3 is 0 Å². The van der Waals surface area contributed by atoms with Gasteiger partial charge in [0.2, 0.25) is 0 Å². The maximum Gasteiger partial charge on any atom is 0.0713 e. The third kappa shape index (κ3) is 7.09. The van der Waals surface area contributed by atoms with Gasteiger partial charge in [-0.1, -0.05) is 294 Å². The van der Waals surface area contributed by atoms with Crippen LogP contribution in [0, 0.1) is 0 Å². The minimum atomic E-state index is -0.254. The van der Waals surface area contributed by atoms with Crippen LogP contribution in [0.3, 0.4) is 0 Å². The van der Waals surface area contributed by atoms with Gasteiger partial charge in [0.1, 0.15) is 0 Å². The van der Waals surface area contributed by atoms with Crippen LogP contribution in [0.4, 0.5) is 0 Å². The van der Waals surface area contributed by atoms with Crippen molar-refractivity contribution < 1.29 is 0 Å². The zero-order chi connectivity index (χ0) is 49.7. The highest BCUT2D eigenvalue weighted by Crippen LogP contribution is 2.59. The van der Waals surface area contributed by atoms with Gasteiger partial charge < -0.3 is 0 Å². The Morgan fingerprint density at radius 3 is 0.703 bits per heavy atom. The molecule has 360 valence electrons. The van der Waals surface area contributed by atoms with Crippen molar-refractivity contribution in [2.75, 3.05) is 0 Å². The molecule has 0 radical (unpaired) electrons. The molecule has 0 heterocycles. The Kier molecular flexibility index (Phi) is 11.6. The molecular formula is C74H64. The molecule has 0 bridgehead atoms. The lowest BCUT2D eigenvalue weighted by molar-refractivity contribution is 0.550. The van der Waals surface area contributed by atoms with Gasteiger partial charge in [-0.05, 0) is 126 Å². The first-order chi connectivity index (χ1) is 36.5. The highest BCUT2D eigenvalue weighted by molar-refractivity contribution is 5.87. The van der Waals surface area contributed by atoms with Crippen molar-refractivity contribution in [1.82, 2.24) is 0 Å². The van der Waals surface area contributed by atoms with Crippen LogP contribution in [0.5, 0.6) is 0 Å². The largest absolute Gasteiger partial charge is 0.0713 e. The third-order valence-electron chi connectivity index (χ3n) is 18.1. The van der Waals surface area contributed by atoms with Gasteiger partial charge in [-0.2, -0.15) is 0 Å². The van der Waals surface area contributed by atoms with Gasteiger partial charge in [-0.15, -0.1) is 0 Å². The molecule has 10 aromatic carbocycles. The Bertz CT molecular complexity index is 3320. The number of fused-ring (bicyclic) bond motifs is 16. The highest BCUT2D eigenvalue weighted by Gasteiger charge is 2.47. The van der Waals surface area contributed by atoms with Crippen molar-refractivity contribution in [1.29, 1.82) is 0 Å². The molecule has 0 aromatic heterocycles. The second-order valence-corrected chi connectivity index (χ2v) is 22.1. The molecule has 0 N–H and O–H groups in total. The molecule has 0 aliphatic heterocycles. The fourth-order valence-corrected chi connectivity index (χ4v) is 14.9. The van der Waals surface area contributed by atoms with Crippen LogP contribution in [0.25, 0.3) is 44.5 Å². The summed E-state index contributed by atoms with van der Waals surface area (Å²) in [6, 6.07) is 92.9. The zero-order valence-corrected chi connectivity index (χ0v) is 42.9. The molecule has 0 amide bonds. The molecule has 6 aliphatic rings. The molecule has 2 spiro atoms. The lowest BCUT2D eigenvalue weighted by Gasteiger charge is -2.33. The highest BCUT2D eigenvalue weighted by atomic mass is 14.5. The zero-order valence-electron chi connectivity index (χ0n) is 42.9. The molecule has 6 aliphatic carbocycles. The van der Waals surface area contributed by atoms with Crippen LogP contribution >= 0.6 is 0 Å². The van der Waals surface area contributed by atoms with Crippen molar-refractivity contribution in [2.45, 2.75) is 86.9 Å². The van der Waals surface area contributed by atoms with Gasteiger partial charge in [0, 0.05) is 16.2 Å². The topological polar surface area (TPSA) is 0 Å². The number of benzene rings is 10. The quantitative estimate of drug-likeness (QED) is 0.162. The summed E-state index contributed by atoms with van der Waals surface area (Å²) in [7, 11) is 0. The Hall–Kier alpha value is -7.80. The minimum Gasteiger partial charge on any atom is -0.0622 e. The van der Waals surface area contributed by atoms with E-state index in [0.717, 1.165) is 0 Å². The lowest BCUT2D eigenvalue weighted by atomic mass is 9.68. The van der Waals surface area contributed by atoms with Crippen molar-refractivity contribution >= 4 is 0 Å². The molecule has 0 atom stereocenters. The minimum absolute atomic E-state index is 0.160. The van der Waals surface area contributed by atoms with Gasteiger partial charge in [0.15, 0.2) is 0 Å². The van der Waals surface area contributed by atoms with E-state index in [2.05, 4.69) is 269 Å². The van der Waals surface area contributed by atoms with Gasteiger partial charge in [0.05, 0.1) is 5.41 Å². The normalized spacial score (nSPS) is 16.8. The van der Waals surface area contributed by atoms with E-state index in [4.69, 9.17) is 0 Å². The maximum atomic E-state index is 2.35. The molecule has 0 nitrogen and oxygen atoms in total. The standard InChI is InChI=1S/C25H18.2C17H16.C15H14/c1-3-11-19(12-4-1)25(20-13-5-2-6-14-20)23-17-9-7-15-21(23)22-16-8-10-18-24(22)25;2*1-3-9-15-13(7-1)14-8-2-4-10-16(14)17(15)11-5-6-12-17;1-15(2)13-9-5-3-7-11(13)12-8-4-6-10-14(12)15/h1-18H;2*1-4,7-10H,5-6,11-12H2;3-10H,1-2H3. The van der Waals surface area contributed by atoms with Gasteiger partial charge in [-0.25, -0.2) is 0 Å². The van der Waals surface area contributed by atoms with E-state index in [1.165, 1.54) is 129 Å². The summed E-state index contributed by atoms with van der Waals surface area (Å²) in [5, 5.41) is 0. The number of hydrogen-bond donors (Lipinski definition) is 0. The van der Waals surface area contributed by atoms with E-state index in [-0.39, 0.29) is 10.8 Å². The van der Waals surface area contributed by atoms with Crippen LogP contribution < -0.4 is 0 Å². The Balaban J connectivity index is 0.0000000972. The Morgan fingerprint density at radius 2 is 0.419 bits per heavy atom. The van der Waals surface area contributed by atoms with Crippen molar-refractivity contribution in [3.8, 4) is 44.5 Å². The van der Waals surface area contributed by atoms with Crippen LogP contribution in [-0.4, -0.2) is 0 Å². The fraction of sp³-hybridized carbons (Fsp3) is 0.189. The lowest BCUT2D eigenvalue weighted by Crippen LogP contribution is -2.28. The van der Waals surface area contributed by atoms with E-state index >= 15 is 0 Å². The van der Waals surface area contributed by atoms with E-state index in [9.17, 15) is 0 Å². The van der Waals surface area contributed by atoms with Crippen molar-refractivity contribution in [2.24, 2.45) is 0 Å². The summed E-state index contributed by atoms with van der Waals surface area (Å²) in [4.78, 5) is 0. The predicted octanol–water partition coefficient (Wildman–Crippen LogP) is 19.1. The second kappa shape index (κ2) is 18.6. The molecule has 0 unspecified atom stereocenters. The fourth-order valence-electron chi connectivity index (χ4n) is 14.9. The summed E-state index contributed by atoms with van der Waals surface area (Å²) in [6.07, 6.45) is 10.8. The van der Waals surface area contributed by atoms with E-state index in [0.29, 0.717) is 10.8 Å². The number of hydrogen-bond acceptors (Lipinski definition) is 0. The van der Waals surface area contributed by atoms with E-state index in [1.54, 1.807) is 22.3 Å². The summed E-state index contributed by atoms with van der Waals surface area (Å²) in [6.45, 7) is 4.61. The molecule has 0 heteroatoms. The van der Waals surface area contributed by atoms with E-state index in [1.807, 2.05) is 0 Å².